The summed E-state index contributed by atoms with van der Waals surface area (Å²) >= 11 is 0. The summed E-state index contributed by atoms with van der Waals surface area (Å²) < 4.78 is 24.5. The molecule has 21 heavy (non-hydrogen) atoms. The molecule has 7 heteroatoms. The number of rotatable bonds is 6. The van der Waals surface area contributed by atoms with E-state index in [1.807, 2.05) is 13.8 Å². The predicted octanol–water partition coefficient (Wildman–Crippen LogP) is 0.876. The van der Waals surface area contributed by atoms with Crippen molar-refractivity contribution < 1.29 is 13.6 Å². The maximum atomic E-state index is 12.2. The van der Waals surface area contributed by atoms with Crippen molar-refractivity contribution in [2.45, 2.75) is 26.3 Å². The summed E-state index contributed by atoms with van der Waals surface area (Å²) in [5.74, 6) is 0.116. The summed E-state index contributed by atoms with van der Waals surface area (Å²) in [7, 11) is 1.52. The summed E-state index contributed by atoms with van der Waals surface area (Å²) in [6, 6.07) is 2.16. The number of piperazine rings is 1. The topological polar surface area (TPSA) is 50.6 Å². The molecule has 0 radical (unpaired) electrons. The van der Waals surface area contributed by atoms with Gasteiger partial charge in [0, 0.05) is 26.2 Å². The van der Waals surface area contributed by atoms with Gasteiger partial charge in [0.2, 0.25) is 5.91 Å². The molecule has 0 aromatic carbocycles. The van der Waals surface area contributed by atoms with Gasteiger partial charge in [-0.25, -0.2) is 8.78 Å². The summed E-state index contributed by atoms with van der Waals surface area (Å²) in [6.45, 7) is 6.03. The van der Waals surface area contributed by atoms with Crippen LogP contribution in [0.25, 0.3) is 0 Å². The fraction of sp³-hybridized carbons (Fsp3) is 0.857. The van der Waals surface area contributed by atoms with Crippen LogP contribution in [0.1, 0.15) is 13.8 Å². The molecule has 0 saturated carbocycles. The lowest BCUT2D eigenvalue weighted by Crippen LogP contribution is -2.54. The van der Waals surface area contributed by atoms with E-state index in [2.05, 4.69) is 11.0 Å². The fourth-order valence-electron chi connectivity index (χ4n) is 2.53. The standard InChI is InChI=1S/C14H24F2N4O/c1-11(2)12(8-17)19-4-6-20(7-5-19)14(21)10-18(3)9-13(15)16/h11-13H,4-7,9-10H2,1-3H3. The number of halogens is 2. The molecule has 5 nitrogen and oxygen atoms in total. The van der Waals surface area contributed by atoms with Gasteiger partial charge in [0.25, 0.3) is 6.43 Å². The zero-order valence-corrected chi connectivity index (χ0v) is 12.9. The minimum absolute atomic E-state index is 0.0101. The normalized spacial score (nSPS) is 18.3. The molecule has 1 unspecified atom stereocenters. The van der Waals surface area contributed by atoms with Crippen molar-refractivity contribution in [3.63, 3.8) is 0 Å². The van der Waals surface area contributed by atoms with Gasteiger partial charge in [0.05, 0.1) is 19.2 Å². The second-order valence-electron chi connectivity index (χ2n) is 5.82. The first kappa shape index (κ1) is 17.8. The van der Waals surface area contributed by atoms with E-state index in [1.54, 1.807) is 4.90 Å². The molecule has 120 valence electrons. The lowest BCUT2D eigenvalue weighted by molar-refractivity contribution is -0.134. The Morgan fingerprint density at radius 3 is 2.29 bits per heavy atom. The third-order valence-corrected chi connectivity index (χ3v) is 3.68. The van der Waals surface area contributed by atoms with Crippen molar-refractivity contribution in [1.82, 2.24) is 14.7 Å². The third-order valence-electron chi connectivity index (χ3n) is 3.68. The number of hydrogen-bond acceptors (Lipinski definition) is 4. The van der Waals surface area contributed by atoms with Crippen LogP contribution in [0.4, 0.5) is 8.78 Å². The van der Waals surface area contributed by atoms with E-state index >= 15 is 0 Å². The molecule has 1 saturated heterocycles. The van der Waals surface area contributed by atoms with Crippen molar-refractivity contribution in [2.24, 2.45) is 5.92 Å². The lowest BCUT2D eigenvalue weighted by atomic mass is 10.0. The van der Waals surface area contributed by atoms with Gasteiger partial charge in [0.1, 0.15) is 6.04 Å². The molecular formula is C14H24F2N4O. The average Bonchev–Trinajstić information content (AvgIpc) is 2.38. The van der Waals surface area contributed by atoms with Crippen molar-refractivity contribution in [1.29, 1.82) is 5.26 Å². The molecule has 0 aromatic rings. The van der Waals surface area contributed by atoms with Crippen LogP contribution in [0.5, 0.6) is 0 Å². The highest BCUT2D eigenvalue weighted by Gasteiger charge is 2.28. The minimum atomic E-state index is -2.43. The van der Waals surface area contributed by atoms with Gasteiger partial charge in [0.15, 0.2) is 0 Å². The summed E-state index contributed by atoms with van der Waals surface area (Å²) in [4.78, 5) is 17.1. The number of nitrogens with zero attached hydrogens (tertiary/aromatic N) is 4. The molecule has 1 atom stereocenters. The first-order valence-electron chi connectivity index (χ1n) is 7.23. The Balaban J connectivity index is 2.42. The van der Waals surface area contributed by atoms with Gasteiger partial charge < -0.3 is 4.90 Å². The van der Waals surface area contributed by atoms with Gasteiger partial charge in [-0.3, -0.25) is 14.6 Å². The molecule has 0 aromatic heterocycles. The van der Waals surface area contributed by atoms with E-state index in [1.165, 1.54) is 11.9 Å². The van der Waals surface area contributed by atoms with Crippen molar-refractivity contribution in [3.8, 4) is 6.07 Å². The maximum absolute atomic E-state index is 12.2. The van der Waals surface area contributed by atoms with Gasteiger partial charge >= 0.3 is 0 Å². The predicted molar refractivity (Wildman–Crippen MR) is 75.9 cm³/mol. The van der Waals surface area contributed by atoms with Crippen LogP contribution in [0.3, 0.4) is 0 Å². The molecule has 0 bridgehead atoms. The number of hydrogen-bond donors (Lipinski definition) is 0. The van der Waals surface area contributed by atoms with Gasteiger partial charge in [-0.1, -0.05) is 13.8 Å². The fourth-order valence-corrected chi connectivity index (χ4v) is 2.53. The van der Waals surface area contributed by atoms with Crippen LogP contribution in [0.15, 0.2) is 0 Å². The van der Waals surface area contributed by atoms with Gasteiger partial charge in [-0.15, -0.1) is 0 Å². The molecule has 1 heterocycles. The van der Waals surface area contributed by atoms with E-state index in [9.17, 15) is 18.8 Å². The molecule has 1 fully saturated rings. The van der Waals surface area contributed by atoms with E-state index < -0.39 is 13.0 Å². The number of carbonyl (C=O) groups excluding carboxylic acids is 1. The maximum Gasteiger partial charge on any atom is 0.251 e. The van der Waals surface area contributed by atoms with Crippen molar-refractivity contribution in [2.75, 3.05) is 46.3 Å². The van der Waals surface area contributed by atoms with E-state index in [0.29, 0.717) is 26.2 Å². The zero-order valence-electron chi connectivity index (χ0n) is 12.9. The number of likely N-dealkylation sites (N-methyl/N-ethyl adjacent to an activating group) is 1. The smallest absolute Gasteiger partial charge is 0.251 e. The van der Waals surface area contributed by atoms with Crippen molar-refractivity contribution in [3.05, 3.63) is 0 Å². The van der Waals surface area contributed by atoms with Crippen LogP contribution < -0.4 is 0 Å². The highest BCUT2D eigenvalue weighted by Crippen LogP contribution is 2.13. The first-order chi connectivity index (χ1) is 9.85. The van der Waals surface area contributed by atoms with Crippen molar-refractivity contribution >= 4 is 5.91 Å². The van der Waals surface area contributed by atoms with Crippen LogP contribution in [0.2, 0.25) is 0 Å². The first-order valence-corrected chi connectivity index (χ1v) is 7.23. The van der Waals surface area contributed by atoms with Gasteiger partial charge in [-0.05, 0) is 13.0 Å². The quantitative estimate of drug-likeness (QED) is 0.731. The molecule has 1 aliphatic heterocycles. The van der Waals surface area contributed by atoms with E-state index in [-0.39, 0.29) is 24.4 Å². The zero-order chi connectivity index (χ0) is 16.0. The number of carbonyl (C=O) groups is 1. The average molecular weight is 302 g/mol. The Kier molecular flexibility index (Phi) is 6.99. The number of amides is 1. The highest BCUT2D eigenvalue weighted by molar-refractivity contribution is 5.78. The lowest BCUT2D eigenvalue weighted by Gasteiger charge is -2.38. The molecule has 0 aliphatic carbocycles. The number of alkyl halides is 2. The molecule has 0 spiro atoms. The Morgan fingerprint density at radius 1 is 1.29 bits per heavy atom. The molecule has 1 rings (SSSR count). The summed E-state index contributed by atoms with van der Waals surface area (Å²) in [5.41, 5.74) is 0. The van der Waals surface area contributed by atoms with Crippen LogP contribution >= 0.6 is 0 Å². The van der Waals surface area contributed by atoms with Crippen LogP contribution in [-0.2, 0) is 4.79 Å². The largest absolute Gasteiger partial charge is 0.339 e. The van der Waals surface area contributed by atoms with E-state index in [4.69, 9.17) is 0 Å². The molecule has 0 N–H and O–H groups in total. The van der Waals surface area contributed by atoms with E-state index in [0.717, 1.165) is 0 Å². The Morgan fingerprint density at radius 2 is 1.86 bits per heavy atom. The SMILES string of the molecule is CC(C)C(C#N)N1CCN(C(=O)CN(C)CC(F)F)CC1. The van der Waals surface area contributed by atoms with Gasteiger partial charge in [-0.2, -0.15) is 5.26 Å². The Hall–Kier alpha value is -1.26. The molecule has 1 aliphatic rings. The Labute approximate surface area is 125 Å². The second-order valence-corrected chi connectivity index (χ2v) is 5.82. The summed E-state index contributed by atoms with van der Waals surface area (Å²) in [5, 5.41) is 9.18. The highest BCUT2D eigenvalue weighted by atomic mass is 19.3. The third kappa shape index (κ3) is 5.56. The van der Waals surface area contributed by atoms with Crippen LogP contribution in [0, 0.1) is 17.2 Å². The molecular weight excluding hydrogens is 278 g/mol. The van der Waals surface area contributed by atoms with Crippen LogP contribution in [-0.4, -0.2) is 79.4 Å². The minimum Gasteiger partial charge on any atom is -0.339 e. The number of nitriles is 1. The second kappa shape index (κ2) is 8.25. The molecule has 1 amide bonds. The monoisotopic (exact) mass is 302 g/mol. The Bertz CT molecular complexity index is 376. The summed E-state index contributed by atoms with van der Waals surface area (Å²) in [6.07, 6.45) is -2.43.